The van der Waals surface area contributed by atoms with Gasteiger partial charge in [0.25, 0.3) is 0 Å². The standard InChI is InChI=1S/C12H14N2O3/c13-12(17)8-1-3-9(4-2-8)14(7-11(15)16)10-5-6-10/h1-4,10H,5-7H2,(H2,13,17)(H,15,16). The Kier molecular flexibility index (Phi) is 2.99. The zero-order valence-electron chi connectivity index (χ0n) is 9.30. The average molecular weight is 234 g/mol. The minimum atomic E-state index is -0.851. The molecular weight excluding hydrogens is 220 g/mol. The van der Waals surface area contributed by atoms with Gasteiger partial charge in [-0.05, 0) is 37.1 Å². The van der Waals surface area contributed by atoms with Gasteiger partial charge in [0.1, 0.15) is 6.54 Å². The molecule has 1 aliphatic rings. The van der Waals surface area contributed by atoms with E-state index in [0.29, 0.717) is 11.6 Å². The van der Waals surface area contributed by atoms with Gasteiger partial charge in [-0.15, -0.1) is 0 Å². The van der Waals surface area contributed by atoms with Crippen molar-refractivity contribution in [2.75, 3.05) is 11.4 Å². The number of rotatable bonds is 5. The third-order valence-electron chi connectivity index (χ3n) is 2.78. The Morgan fingerprint density at radius 3 is 2.29 bits per heavy atom. The second kappa shape index (κ2) is 4.45. The number of anilines is 1. The maximum atomic E-state index is 10.9. The summed E-state index contributed by atoms with van der Waals surface area (Å²) >= 11 is 0. The van der Waals surface area contributed by atoms with E-state index in [1.54, 1.807) is 24.3 Å². The summed E-state index contributed by atoms with van der Waals surface area (Å²) in [7, 11) is 0. The van der Waals surface area contributed by atoms with E-state index in [1.165, 1.54) is 0 Å². The van der Waals surface area contributed by atoms with Crippen LogP contribution in [0, 0.1) is 0 Å². The first-order chi connectivity index (χ1) is 8.08. The van der Waals surface area contributed by atoms with E-state index in [0.717, 1.165) is 18.5 Å². The third kappa shape index (κ3) is 2.75. The molecule has 0 bridgehead atoms. The quantitative estimate of drug-likeness (QED) is 0.790. The van der Waals surface area contributed by atoms with Gasteiger partial charge < -0.3 is 15.7 Å². The zero-order valence-corrected chi connectivity index (χ0v) is 9.30. The van der Waals surface area contributed by atoms with Gasteiger partial charge in [-0.1, -0.05) is 0 Å². The summed E-state index contributed by atoms with van der Waals surface area (Å²) in [6.45, 7) is -0.0133. The fourth-order valence-electron chi connectivity index (χ4n) is 1.78. The van der Waals surface area contributed by atoms with Crippen LogP contribution in [0.3, 0.4) is 0 Å². The molecule has 5 nitrogen and oxygen atoms in total. The molecule has 3 N–H and O–H groups in total. The highest BCUT2D eigenvalue weighted by molar-refractivity contribution is 5.93. The average Bonchev–Trinajstić information content (AvgIpc) is 3.09. The third-order valence-corrected chi connectivity index (χ3v) is 2.78. The fourth-order valence-corrected chi connectivity index (χ4v) is 1.78. The minimum absolute atomic E-state index is 0.0133. The molecule has 0 heterocycles. The minimum Gasteiger partial charge on any atom is -0.480 e. The number of primary amides is 1. The summed E-state index contributed by atoms with van der Waals surface area (Å²) in [5.41, 5.74) is 6.40. The van der Waals surface area contributed by atoms with Crippen molar-refractivity contribution < 1.29 is 14.7 Å². The highest BCUT2D eigenvalue weighted by Crippen LogP contribution is 2.31. The first kappa shape index (κ1) is 11.4. The van der Waals surface area contributed by atoms with Crippen molar-refractivity contribution in [3.05, 3.63) is 29.8 Å². The lowest BCUT2D eigenvalue weighted by molar-refractivity contribution is -0.135. The van der Waals surface area contributed by atoms with Crippen LogP contribution in [-0.2, 0) is 4.79 Å². The highest BCUT2D eigenvalue weighted by Gasteiger charge is 2.30. The number of hydrogen-bond donors (Lipinski definition) is 2. The summed E-state index contributed by atoms with van der Waals surface area (Å²) in [6.07, 6.45) is 2.04. The van der Waals surface area contributed by atoms with Gasteiger partial charge >= 0.3 is 5.97 Å². The Hall–Kier alpha value is -2.04. The van der Waals surface area contributed by atoms with Gasteiger partial charge in [0.2, 0.25) is 5.91 Å². The van der Waals surface area contributed by atoms with Gasteiger partial charge in [0.15, 0.2) is 0 Å². The van der Waals surface area contributed by atoms with Crippen LogP contribution in [-0.4, -0.2) is 29.6 Å². The smallest absolute Gasteiger partial charge is 0.323 e. The Morgan fingerprint density at radius 1 is 1.29 bits per heavy atom. The molecular formula is C12H14N2O3. The maximum Gasteiger partial charge on any atom is 0.323 e. The number of carboxylic acids is 1. The lowest BCUT2D eigenvalue weighted by Gasteiger charge is -2.22. The number of benzene rings is 1. The van der Waals surface area contributed by atoms with Crippen LogP contribution in [0.1, 0.15) is 23.2 Å². The van der Waals surface area contributed by atoms with Crippen LogP contribution in [0.4, 0.5) is 5.69 Å². The van der Waals surface area contributed by atoms with E-state index in [9.17, 15) is 9.59 Å². The summed E-state index contributed by atoms with van der Waals surface area (Å²) in [5, 5.41) is 8.85. The molecule has 17 heavy (non-hydrogen) atoms. The number of carboxylic acid groups (broad SMARTS) is 1. The van der Waals surface area contributed by atoms with Gasteiger partial charge in [-0.25, -0.2) is 0 Å². The second-order valence-corrected chi connectivity index (χ2v) is 4.16. The SMILES string of the molecule is NC(=O)c1ccc(N(CC(=O)O)C2CC2)cc1. The number of carbonyl (C=O) groups excluding carboxylic acids is 1. The predicted octanol–water partition coefficient (Wildman–Crippen LogP) is 0.839. The highest BCUT2D eigenvalue weighted by atomic mass is 16.4. The van der Waals surface area contributed by atoms with Crippen molar-refractivity contribution in [1.82, 2.24) is 0 Å². The van der Waals surface area contributed by atoms with Crippen molar-refractivity contribution in [2.24, 2.45) is 5.73 Å². The van der Waals surface area contributed by atoms with Crippen LogP contribution in [0.15, 0.2) is 24.3 Å². The van der Waals surface area contributed by atoms with Crippen LogP contribution in [0.2, 0.25) is 0 Å². The Morgan fingerprint density at radius 2 is 1.88 bits per heavy atom. The molecule has 1 amide bonds. The molecule has 2 rings (SSSR count). The Bertz CT molecular complexity index is 438. The van der Waals surface area contributed by atoms with E-state index in [2.05, 4.69) is 0 Å². The molecule has 90 valence electrons. The normalized spacial score (nSPS) is 14.4. The lowest BCUT2D eigenvalue weighted by atomic mass is 10.2. The maximum absolute atomic E-state index is 10.9. The molecule has 0 aromatic heterocycles. The first-order valence-corrected chi connectivity index (χ1v) is 5.46. The van der Waals surface area contributed by atoms with Crippen molar-refractivity contribution in [1.29, 1.82) is 0 Å². The van der Waals surface area contributed by atoms with Crippen molar-refractivity contribution in [3.63, 3.8) is 0 Å². The number of nitrogens with two attached hydrogens (primary N) is 1. The van der Waals surface area contributed by atoms with E-state index < -0.39 is 11.9 Å². The van der Waals surface area contributed by atoms with Crippen molar-refractivity contribution in [3.8, 4) is 0 Å². The molecule has 0 spiro atoms. The van der Waals surface area contributed by atoms with Gasteiger partial charge in [-0.2, -0.15) is 0 Å². The number of nitrogens with zero attached hydrogens (tertiary/aromatic N) is 1. The summed E-state index contributed by atoms with van der Waals surface area (Å²) in [5.74, 6) is -1.33. The van der Waals surface area contributed by atoms with Crippen LogP contribution < -0.4 is 10.6 Å². The molecule has 0 atom stereocenters. The molecule has 0 saturated heterocycles. The second-order valence-electron chi connectivity index (χ2n) is 4.16. The molecule has 5 heteroatoms. The van der Waals surface area contributed by atoms with Crippen LogP contribution >= 0.6 is 0 Å². The lowest BCUT2D eigenvalue weighted by Crippen LogP contribution is -2.31. The molecule has 0 radical (unpaired) electrons. The van der Waals surface area contributed by atoms with E-state index in [-0.39, 0.29) is 6.54 Å². The van der Waals surface area contributed by atoms with E-state index in [4.69, 9.17) is 10.8 Å². The summed E-state index contributed by atoms with van der Waals surface area (Å²) in [4.78, 5) is 23.5. The molecule has 0 unspecified atom stereocenters. The Balaban J connectivity index is 2.18. The topological polar surface area (TPSA) is 83.6 Å². The van der Waals surface area contributed by atoms with Crippen LogP contribution in [0.25, 0.3) is 0 Å². The molecule has 1 saturated carbocycles. The molecule has 1 aromatic rings. The van der Waals surface area contributed by atoms with Gasteiger partial charge in [0.05, 0.1) is 0 Å². The van der Waals surface area contributed by atoms with Crippen LogP contribution in [0.5, 0.6) is 0 Å². The first-order valence-electron chi connectivity index (χ1n) is 5.46. The van der Waals surface area contributed by atoms with E-state index in [1.807, 2.05) is 4.90 Å². The number of carbonyl (C=O) groups is 2. The number of aliphatic carboxylic acids is 1. The zero-order chi connectivity index (χ0) is 12.4. The fraction of sp³-hybridized carbons (Fsp3) is 0.333. The summed E-state index contributed by atoms with van der Waals surface area (Å²) < 4.78 is 0. The Labute approximate surface area is 98.8 Å². The number of hydrogen-bond acceptors (Lipinski definition) is 3. The summed E-state index contributed by atoms with van der Waals surface area (Å²) in [6, 6.07) is 7.03. The molecule has 0 aliphatic heterocycles. The largest absolute Gasteiger partial charge is 0.480 e. The van der Waals surface area contributed by atoms with E-state index >= 15 is 0 Å². The van der Waals surface area contributed by atoms with Gasteiger partial charge in [-0.3, -0.25) is 9.59 Å². The molecule has 1 aromatic carbocycles. The number of amides is 1. The monoisotopic (exact) mass is 234 g/mol. The predicted molar refractivity (Wildman–Crippen MR) is 63.0 cm³/mol. The van der Waals surface area contributed by atoms with Crippen molar-refractivity contribution >= 4 is 17.6 Å². The molecule has 1 fully saturated rings. The van der Waals surface area contributed by atoms with Gasteiger partial charge in [0, 0.05) is 17.3 Å². The molecule has 1 aliphatic carbocycles. The van der Waals surface area contributed by atoms with Crippen molar-refractivity contribution in [2.45, 2.75) is 18.9 Å².